The Hall–Kier alpha value is -0.650. The second-order valence-corrected chi connectivity index (χ2v) is 2.81. The van der Waals surface area contributed by atoms with Crippen molar-refractivity contribution in [2.75, 3.05) is 20.3 Å². The quantitative estimate of drug-likeness (QED) is 0.463. The fourth-order valence-electron chi connectivity index (χ4n) is 0.849. The second kappa shape index (κ2) is 6.82. The van der Waals surface area contributed by atoms with Crippen LogP contribution in [0.2, 0.25) is 0 Å². The van der Waals surface area contributed by atoms with Gasteiger partial charge >= 0.3 is 5.97 Å². The molecule has 78 valence electrons. The molecule has 0 aliphatic heterocycles. The highest BCUT2D eigenvalue weighted by Gasteiger charge is 2.12. The van der Waals surface area contributed by atoms with E-state index in [1.807, 2.05) is 0 Å². The average Bonchev–Trinajstić information content (AvgIpc) is 2.11. The molecule has 0 rings (SSSR count). The molecule has 0 aromatic carbocycles. The normalized spacial score (nSPS) is 15.1. The first-order valence-corrected chi connectivity index (χ1v) is 4.21. The molecule has 0 spiro atoms. The summed E-state index contributed by atoms with van der Waals surface area (Å²) in [5, 5.41) is 20.7. The SMILES string of the molecule is COC(=O)CCN[C@@H](CO)[C@H](C)O. The fraction of sp³-hybridized carbons (Fsp3) is 0.875. The predicted molar refractivity (Wildman–Crippen MR) is 47.2 cm³/mol. The van der Waals surface area contributed by atoms with Crippen LogP contribution >= 0.6 is 0 Å². The summed E-state index contributed by atoms with van der Waals surface area (Å²) < 4.78 is 4.42. The van der Waals surface area contributed by atoms with Crippen molar-refractivity contribution in [2.24, 2.45) is 0 Å². The van der Waals surface area contributed by atoms with Gasteiger partial charge in [-0.25, -0.2) is 0 Å². The summed E-state index contributed by atoms with van der Waals surface area (Å²) in [4.78, 5) is 10.7. The Labute approximate surface area is 77.7 Å². The molecule has 3 N–H and O–H groups in total. The molecule has 13 heavy (non-hydrogen) atoms. The van der Waals surface area contributed by atoms with E-state index < -0.39 is 6.10 Å². The number of aliphatic hydroxyl groups excluding tert-OH is 2. The highest BCUT2D eigenvalue weighted by molar-refractivity contribution is 5.69. The van der Waals surface area contributed by atoms with Gasteiger partial charge in [-0.3, -0.25) is 4.79 Å². The largest absolute Gasteiger partial charge is 0.469 e. The molecule has 0 aromatic heterocycles. The molecule has 0 aliphatic carbocycles. The number of nitrogens with one attached hydrogen (secondary N) is 1. The molecule has 0 unspecified atom stereocenters. The highest BCUT2D eigenvalue weighted by Crippen LogP contribution is 1.91. The van der Waals surface area contributed by atoms with Crippen LogP contribution in [0.3, 0.4) is 0 Å². The Kier molecular flexibility index (Phi) is 6.48. The van der Waals surface area contributed by atoms with Crippen molar-refractivity contribution >= 4 is 5.97 Å². The standard InChI is InChI=1S/C8H17NO4/c1-6(11)7(5-10)9-4-3-8(12)13-2/h6-7,9-11H,3-5H2,1-2H3/t6-,7-/m0/s1. The van der Waals surface area contributed by atoms with Gasteiger partial charge in [-0.15, -0.1) is 0 Å². The van der Waals surface area contributed by atoms with Crippen LogP contribution in [0.4, 0.5) is 0 Å². The van der Waals surface area contributed by atoms with E-state index in [1.165, 1.54) is 7.11 Å². The topological polar surface area (TPSA) is 78.8 Å². The molecule has 0 fully saturated rings. The van der Waals surface area contributed by atoms with Gasteiger partial charge in [0.05, 0.1) is 32.3 Å². The average molecular weight is 191 g/mol. The maximum absolute atomic E-state index is 10.7. The minimum absolute atomic E-state index is 0.154. The van der Waals surface area contributed by atoms with E-state index in [2.05, 4.69) is 10.1 Å². The number of aliphatic hydroxyl groups is 2. The first-order valence-electron chi connectivity index (χ1n) is 4.21. The van der Waals surface area contributed by atoms with E-state index in [9.17, 15) is 4.79 Å². The number of ether oxygens (including phenoxy) is 1. The Morgan fingerprint density at radius 3 is 2.62 bits per heavy atom. The lowest BCUT2D eigenvalue weighted by atomic mass is 10.2. The zero-order chi connectivity index (χ0) is 10.3. The van der Waals surface area contributed by atoms with Gasteiger partial charge in [0.1, 0.15) is 0 Å². The van der Waals surface area contributed by atoms with E-state index in [0.29, 0.717) is 6.54 Å². The van der Waals surface area contributed by atoms with Crippen molar-refractivity contribution in [3.8, 4) is 0 Å². The van der Waals surface area contributed by atoms with Crippen LogP contribution < -0.4 is 5.32 Å². The molecule has 0 saturated carbocycles. The van der Waals surface area contributed by atoms with Gasteiger partial charge < -0.3 is 20.3 Å². The minimum atomic E-state index is -0.636. The summed E-state index contributed by atoms with van der Waals surface area (Å²) in [5.41, 5.74) is 0. The minimum Gasteiger partial charge on any atom is -0.469 e. The molecule has 0 bridgehead atoms. The predicted octanol–water partition coefficient (Wildman–Crippen LogP) is -1.12. The van der Waals surface area contributed by atoms with Gasteiger partial charge in [0.25, 0.3) is 0 Å². The van der Waals surface area contributed by atoms with Crippen LogP contribution in [0.15, 0.2) is 0 Å². The lowest BCUT2D eigenvalue weighted by Gasteiger charge is -2.18. The van der Waals surface area contributed by atoms with E-state index in [0.717, 1.165) is 0 Å². The van der Waals surface area contributed by atoms with E-state index in [4.69, 9.17) is 10.2 Å². The second-order valence-electron chi connectivity index (χ2n) is 2.81. The smallest absolute Gasteiger partial charge is 0.306 e. The van der Waals surface area contributed by atoms with Crippen LogP contribution in [-0.2, 0) is 9.53 Å². The lowest BCUT2D eigenvalue weighted by molar-refractivity contribution is -0.140. The van der Waals surface area contributed by atoms with Crippen LogP contribution in [0.5, 0.6) is 0 Å². The maximum atomic E-state index is 10.7. The van der Waals surface area contributed by atoms with Crippen LogP contribution in [0, 0.1) is 0 Å². The van der Waals surface area contributed by atoms with Crippen molar-refractivity contribution in [3.63, 3.8) is 0 Å². The maximum Gasteiger partial charge on any atom is 0.306 e. The highest BCUT2D eigenvalue weighted by atomic mass is 16.5. The molecule has 0 aliphatic rings. The lowest BCUT2D eigenvalue weighted by Crippen LogP contribution is -2.42. The molecule has 5 nitrogen and oxygen atoms in total. The van der Waals surface area contributed by atoms with Gasteiger partial charge in [0, 0.05) is 6.54 Å². The number of hydrogen-bond acceptors (Lipinski definition) is 5. The van der Waals surface area contributed by atoms with Crippen molar-refractivity contribution < 1.29 is 19.7 Å². The van der Waals surface area contributed by atoms with Gasteiger partial charge in [-0.2, -0.15) is 0 Å². The third-order valence-corrected chi connectivity index (χ3v) is 1.74. The van der Waals surface area contributed by atoms with Crippen molar-refractivity contribution in [3.05, 3.63) is 0 Å². The Morgan fingerprint density at radius 1 is 1.62 bits per heavy atom. The number of methoxy groups -OCH3 is 1. The Balaban J connectivity index is 3.55. The van der Waals surface area contributed by atoms with Crippen LogP contribution in [0.25, 0.3) is 0 Å². The number of esters is 1. The summed E-state index contributed by atoms with van der Waals surface area (Å²) >= 11 is 0. The fourth-order valence-corrected chi connectivity index (χ4v) is 0.849. The van der Waals surface area contributed by atoms with Gasteiger partial charge in [-0.05, 0) is 6.92 Å². The third kappa shape index (κ3) is 5.57. The van der Waals surface area contributed by atoms with Gasteiger partial charge in [0.15, 0.2) is 0 Å². The van der Waals surface area contributed by atoms with E-state index >= 15 is 0 Å². The first kappa shape index (κ1) is 12.3. The number of rotatable bonds is 6. The van der Waals surface area contributed by atoms with Gasteiger partial charge in [0.2, 0.25) is 0 Å². The monoisotopic (exact) mass is 191 g/mol. The molecule has 2 atom stereocenters. The summed E-state index contributed by atoms with van der Waals surface area (Å²) in [6, 6.07) is -0.385. The van der Waals surface area contributed by atoms with Crippen molar-refractivity contribution in [2.45, 2.75) is 25.5 Å². The molecule has 0 aromatic rings. The van der Waals surface area contributed by atoms with E-state index in [-0.39, 0.29) is 25.0 Å². The van der Waals surface area contributed by atoms with Crippen molar-refractivity contribution in [1.82, 2.24) is 5.32 Å². The molecular weight excluding hydrogens is 174 g/mol. The summed E-state index contributed by atoms with van der Waals surface area (Å²) in [5.74, 6) is -0.310. The van der Waals surface area contributed by atoms with Crippen LogP contribution in [-0.4, -0.2) is 48.6 Å². The number of carbonyl (C=O) groups excluding carboxylic acids is 1. The molecular formula is C8H17NO4. The third-order valence-electron chi connectivity index (χ3n) is 1.74. The van der Waals surface area contributed by atoms with Crippen LogP contribution in [0.1, 0.15) is 13.3 Å². The number of hydrogen-bond donors (Lipinski definition) is 3. The van der Waals surface area contributed by atoms with E-state index in [1.54, 1.807) is 6.92 Å². The van der Waals surface area contributed by atoms with Gasteiger partial charge in [-0.1, -0.05) is 0 Å². The number of carbonyl (C=O) groups is 1. The Bertz CT molecular complexity index is 149. The molecule has 5 heteroatoms. The molecule has 0 saturated heterocycles. The van der Waals surface area contributed by atoms with Crippen molar-refractivity contribution in [1.29, 1.82) is 0 Å². The first-order chi connectivity index (χ1) is 6.11. The summed E-state index contributed by atoms with van der Waals surface area (Å²) in [6.45, 7) is 1.81. The zero-order valence-corrected chi connectivity index (χ0v) is 7.99. The molecule has 0 amide bonds. The Morgan fingerprint density at radius 2 is 2.23 bits per heavy atom. The molecule has 0 radical (unpaired) electrons. The zero-order valence-electron chi connectivity index (χ0n) is 7.99. The summed E-state index contributed by atoms with van der Waals surface area (Å²) in [6.07, 6.45) is -0.401. The summed E-state index contributed by atoms with van der Waals surface area (Å²) in [7, 11) is 1.32. The molecule has 0 heterocycles.